The lowest BCUT2D eigenvalue weighted by molar-refractivity contribution is -0.143. The molecule has 0 spiro atoms. The summed E-state index contributed by atoms with van der Waals surface area (Å²) >= 11 is 0.983. The number of nitrogens with zero attached hydrogens (tertiary/aromatic N) is 4. The number of aryl methyl sites for hydroxylation is 1. The molecule has 3 rings (SSSR count). The van der Waals surface area contributed by atoms with Crippen LogP contribution in [0, 0.1) is 0 Å². The fourth-order valence-electron chi connectivity index (χ4n) is 2.65. The molecule has 0 bridgehead atoms. The maximum Gasteiger partial charge on any atom is 0.416 e. The SMILES string of the molecule is CCCCc1nc(NC(=O)c2cc(C(F)(F)F)cc(C(F)(F)F)c2)sc1-n1cncn1. The zero-order valence-corrected chi connectivity index (χ0v) is 16.7. The Hall–Kier alpha value is -2.96. The first-order chi connectivity index (χ1) is 14.5. The Morgan fingerprint density at radius 2 is 1.74 bits per heavy atom. The van der Waals surface area contributed by atoms with Crippen molar-refractivity contribution in [3.8, 4) is 5.00 Å². The molecule has 31 heavy (non-hydrogen) atoms. The number of carbonyl (C=O) groups is 1. The molecule has 1 N–H and O–H groups in total. The topological polar surface area (TPSA) is 72.7 Å². The Morgan fingerprint density at radius 1 is 1.10 bits per heavy atom. The summed E-state index contributed by atoms with van der Waals surface area (Å²) in [4.78, 5) is 20.6. The third-order valence-corrected chi connectivity index (χ3v) is 5.14. The van der Waals surface area contributed by atoms with Crippen molar-refractivity contribution in [3.05, 3.63) is 53.2 Å². The van der Waals surface area contributed by atoms with E-state index in [0.29, 0.717) is 29.2 Å². The third-order valence-electron chi connectivity index (χ3n) is 4.14. The van der Waals surface area contributed by atoms with Gasteiger partial charge in [-0.25, -0.2) is 14.6 Å². The monoisotopic (exact) mass is 463 g/mol. The van der Waals surface area contributed by atoms with Crippen molar-refractivity contribution in [1.29, 1.82) is 0 Å². The van der Waals surface area contributed by atoms with Gasteiger partial charge in [-0.3, -0.25) is 10.1 Å². The van der Waals surface area contributed by atoms with Gasteiger partial charge in [-0.1, -0.05) is 24.7 Å². The quantitative estimate of drug-likeness (QED) is 0.500. The maximum atomic E-state index is 13.0. The second-order valence-corrected chi connectivity index (χ2v) is 7.44. The summed E-state index contributed by atoms with van der Waals surface area (Å²) in [7, 11) is 0. The average molecular weight is 463 g/mol. The molecular weight excluding hydrogens is 448 g/mol. The van der Waals surface area contributed by atoms with Crippen LogP contribution in [0.4, 0.5) is 31.5 Å². The molecule has 0 aliphatic heterocycles. The van der Waals surface area contributed by atoms with Crippen LogP contribution in [-0.2, 0) is 18.8 Å². The van der Waals surface area contributed by atoms with E-state index in [4.69, 9.17) is 0 Å². The van der Waals surface area contributed by atoms with E-state index in [-0.39, 0.29) is 11.2 Å². The van der Waals surface area contributed by atoms with E-state index in [1.54, 1.807) is 0 Å². The molecular formula is C18H15F6N5OS. The van der Waals surface area contributed by atoms with Crippen molar-refractivity contribution < 1.29 is 31.1 Å². The molecule has 2 heterocycles. The number of anilines is 1. The van der Waals surface area contributed by atoms with Crippen molar-refractivity contribution in [3.63, 3.8) is 0 Å². The summed E-state index contributed by atoms with van der Waals surface area (Å²) in [5.41, 5.74) is -3.35. The Morgan fingerprint density at radius 3 is 2.26 bits per heavy atom. The van der Waals surface area contributed by atoms with Crippen molar-refractivity contribution >= 4 is 22.4 Å². The van der Waals surface area contributed by atoms with E-state index in [1.807, 2.05) is 6.92 Å². The molecule has 0 fully saturated rings. The predicted octanol–water partition coefficient (Wildman–Crippen LogP) is 5.36. The van der Waals surface area contributed by atoms with Crippen LogP contribution in [0.3, 0.4) is 0 Å². The van der Waals surface area contributed by atoms with Crippen molar-refractivity contribution in [2.45, 2.75) is 38.5 Å². The van der Waals surface area contributed by atoms with Gasteiger partial charge in [-0.05, 0) is 31.0 Å². The lowest BCUT2D eigenvalue weighted by Crippen LogP contribution is -2.17. The van der Waals surface area contributed by atoms with E-state index < -0.39 is 35.0 Å². The number of carbonyl (C=O) groups excluding carboxylic acids is 1. The summed E-state index contributed by atoms with van der Waals surface area (Å²) < 4.78 is 79.6. The summed E-state index contributed by atoms with van der Waals surface area (Å²) in [6, 6.07) is 0.703. The number of hydrogen-bond donors (Lipinski definition) is 1. The summed E-state index contributed by atoms with van der Waals surface area (Å²) in [6.07, 6.45) is -5.21. The van der Waals surface area contributed by atoms with Crippen LogP contribution in [0.15, 0.2) is 30.9 Å². The van der Waals surface area contributed by atoms with E-state index in [1.165, 1.54) is 17.3 Å². The zero-order valence-electron chi connectivity index (χ0n) is 15.9. The van der Waals surface area contributed by atoms with Crippen LogP contribution >= 0.6 is 11.3 Å². The maximum absolute atomic E-state index is 13.0. The third kappa shape index (κ3) is 5.40. The smallest absolute Gasteiger partial charge is 0.298 e. The molecule has 0 radical (unpaired) electrons. The van der Waals surface area contributed by atoms with E-state index >= 15 is 0 Å². The number of nitrogens with one attached hydrogen (secondary N) is 1. The standard InChI is InChI=1S/C18H15F6N5OS/c1-2-3-4-13-15(29-9-25-8-26-29)31-16(27-13)28-14(30)10-5-11(17(19,20)21)7-12(6-10)18(22,23)24/h5-9H,2-4H2,1H3,(H,27,28,30). The van der Waals surface area contributed by atoms with Crippen molar-refractivity contribution in [2.75, 3.05) is 5.32 Å². The van der Waals surface area contributed by atoms with Gasteiger partial charge >= 0.3 is 12.4 Å². The van der Waals surface area contributed by atoms with E-state index in [9.17, 15) is 31.1 Å². The second-order valence-electron chi connectivity index (χ2n) is 6.46. The van der Waals surface area contributed by atoms with Gasteiger partial charge in [-0.2, -0.15) is 31.4 Å². The molecule has 13 heteroatoms. The summed E-state index contributed by atoms with van der Waals surface area (Å²) in [6.45, 7) is 1.97. The number of halogens is 6. The number of thiazole rings is 1. The minimum absolute atomic E-state index is 0.0209. The van der Waals surface area contributed by atoms with Crippen LogP contribution in [0.5, 0.6) is 0 Å². The number of rotatable bonds is 6. The predicted molar refractivity (Wildman–Crippen MR) is 100 cm³/mol. The normalized spacial score (nSPS) is 12.2. The van der Waals surface area contributed by atoms with Crippen LogP contribution in [0.25, 0.3) is 5.00 Å². The molecule has 6 nitrogen and oxygen atoms in total. The molecule has 1 aromatic carbocycles. The Labute approximate surface area is 175 Å². The van der Waals surface area contributed by atoms with Gasteiger partial charge in [0.2, 0.25) is 0 Å². The first-order valence-electron chi connectivity index (χ1n) is 8.94. The molecule has 0 aliphatic carbocycles. The van der Waals surface area contributed by atoms with Crippen LogP contribution in [-0.4, -0.2) is 25.7 Å². The number of alkyl halides is 6. The molecule has 2 aromatic heterocycles. The highest BCUT2D eigenvalue weighted by Gasteiger charge is 2.37. The minimum atomic E-state index is -5.05. The second kappa shape index (κ2) is 8.65. The van der Waals surface area contributed by atoms with Gasteiger partial charge in [0, 0.05) is 5.56 Å². The largest absolute Gasteiger partial charge is 0.416 e. The fraction of sp³-hybridized carbons (Fsp3) is 0.333. The van der Waals surface area contributed by atoms with Gasteiger partial charge in [0.1, 0.15) is 17.7 Å². The summed E-state index contributed by atoms with van der Waals surface area (Å²) in [5, 5.41) is 6.85. The molecule has 0 saturated heterocycles. The van der Waals surface area contributed by atoms with Gasteiger partial charge in [0.05, 0.1) is 16.8 Å². The fourth-order valence-corrected chi connectivity index (χ4v) is 3.59. The Kier molecular flexibility index (Phi) is 6.34. The number of hydrogen-bond acceptors (Lipinski definition) is 5. The zero-order chi connectivity index (χ0) is 22.8. The van der Waals surface area contributed by atoms with Crippen molar-refractivity contribution in [1.82, 2.24) is 19.7 Å². The van der Waals surface area contributed by atoms with Crippen LogP contribution in [0.1, 0.15) is 46.9 Å². The van der Waals surface area contributed by atoms with Gasteiger partial charge < -0.3 is 0 Å². The van der Waals surface area contributed by atoms with E-state index in [2.05, 4.69) is 20.4 Å². The molecule has 166 valence electrons. The van der Waals surface area contributed by atoms with Gasteiger partial charge in [0.25, 0.3) is 5.91 Å². The highest BCUT2D eigenvalue weighted by molar-refractivity contribution is 7.18. The van der Waals surface area contributed by atoms with Crippen LogP contribution in [0.2, 0.25) is 0 Å². The Balaban J connectivity index is 1.94. The molecule has 0 unspecified atom stereocenters. The molecule has 3 aromatic rings. The molecule has 0 atom stereocenters. The number of benzene rings is 1. The number of aromatic nitrogens is 4. The highest BCUT2D eigenvalue weighted by atomic mass is 32.1. The molecule has 0 aliphatic rings. The van der Waals surface area contributed by atoms with E-state index in [0.717, 1.165) is 24.2 Å². The van der Waals surface area contributed by atoms with Gasteiger partial charge in [-0.15, -0.1) is 0 Å². The Bertz CT molecular complexity index is 1030. The average Bonchev–Trinajstić information content (AvgIpc) is 3.34. The highest BCUT2D eigenvalue weighted by Crippen LogP contribution is 2.36. The number of amides is 1. The summed E-state index contributed by atoms with van der Waals surface area (Å²) in [5.74, 6) is -1.14. The molecule has 0 saturated carbocycles. The lowest BCUT2D eigenvalue weighted by atomic mass is 10.0. The van der Waals surface area contributed by atoms with Crippen LogP contribution < -0.4 is 5.32 Å². The first-order valence-corrected chi connectivity index (χ1v) is 9.76. The lowest BCUT2D eigenvalue weighted by Gasteiger charge is -2.13. The first kappa shape index (κ1) is 22.7. The minimum Gasteiger partial charge on any atom is -0.298 e. The van der Waals surface area contributed by atoms with Crippen molar-refractivity contribution in [2.24, 2.45) is 0 Å². The molecule has 1 amide bonds. The van der Waals surface area contributed by atoms with Gasteiger partial charge in [0.15, 0.2) is 5.13 Å². The number of unbranched alkanes of at least 4 members (excludes halogenated alkanes) is 1.